The molecule has 0 amide bonds. The first-order valence-corrected chi connectivity index (χ1v) is 11.1. The van der Waals surface area contributed by atoms with Gasteiger partial charge in [0.2, 0.25) is 0 Å². The van der Waals surface area contributed by atoms with Crippen LogP contribution in [0.2, 0.25) is 0 Å². The lowest BCUT2D eigenvalue weighted by Crippen LogP contribution is -2.17. The van der Waals surface area contributed by atoms with Crippen molar-refractivity contribution in [1.29, 1.82) is 5.26 Å². The van der Waals surface area contributed by atoms with E-state index in [4.69, 9.17) is 5.26 Å². The maximum atomic E-state index is 15.1. The number of hydrogen-bond acceptors (Lipinski definition) is 1. The smallest absolute Gasteiger partial charge is 0.129 e. The molecule has 0 heterocycles. The van der Waals surface area contributed by atoms with Crippen LogP contribution in [-0.4, -0.2) is 0 Å². The molecule has 29 heavy (non-hydrogen) atoms. The van der Waals surface area contributed by atoms with Gasteiger partial charge in [0.05, 0.1) is 11.6 Å². The van der Waals surface area contributed by atoms with Crippen LogP contribution in [0.15, 0.2) is 30.3 Å². The number of hydrogen-bond donors (Lipinski definition) is 0. The van der Waals surface area contributed by atoms with Crippen LogP contribution in [-0.2, 0) is 12.8 Å². The Morgan fingerprint density at radius 3 is 2.31 bits per heavy atom. The second kappa shape index (κ2) is 8.66. The van der Waals surface area contributed by atoms with Crippen LogP contribution in [0, 0.1) is 28.9 Å². The monoisotopic (exact) mass is 393 g/mol. The summed E-state index contributed by atoms with van der Waals surface area (Å²) < 4.78 is 30.1. The Bertz CT molecular complexity index is 896. The van der Waals surface area contributed by atoms with E-state index >= 15 is 8.78 Å². The molecular formula is C26H29F2N. The minimum Gasteiger partial charge on any atom is -0.207 e. The molecule has 2 aliphatic rings. The molecule has 1 unspecified atom stereocenters. The van der Waals surface area contributed by atoms with E-state index < -0.39 is 0 Å². The van der Waals surface area contributed by atoms with Crippen molar-refractivity contribution in [2.75, 3.05) is 0 Å². The zero-order chi connectivity index (χ0) is 20.4. The van der Waals surface area contributed by atoms with Crippen LogP contribution in [0.25, 0.3) is 0 Å². The van der Waals surface area contributed by atoms with Crippen molar-refractivity contribution in [3.8, 4) is 6.07 Å². The molecule has 0 saturated heterocycles. The standard InChI is InChI=1S/C26H29F2N/c1-2-3-17-4-7-19(8-5-17)23-14-24(27)26(25(28)15-23)22-11-10-20-12-18(16-29)6-9-21(20)13-22/h6,9,12,14-15,17,19,22H,2-5,7-8,10-11,13H2,1H3. The Labute approximate surface area is 172 Å². The van der Waals surface area contributed by atoms with Crippen molar-refractivity contribution in [2.45, 2.75) is 76.5 Å². The molecule has 0 spiro atoms. The largest absolute Gasteiger partial charge is 0.207 e. The predicted molar refractivity (Wildman–Crippen MR) is 112 cm³/mol. The lowest BCUT2D eigenvalue weighted by atomic mass is 9.76. The Kier molecular flexibility index (Phi) is 5.99. The van der Waals surface area contributed by atoms with Crippen molar-refractivity contribution >= 4 is 0 Å². The number of nitrogens with zero attached hydrogens (tertiary/aromatic N) is 1. The molecule has 2 aromatic carbocycles. The normalized spacial score (nSPS) is 24.0. The van der Waals surface area contributed by atoms with Crippen molar-refractivity contribution < 1.29 is 8.78 Å². The molecule has 0 aromatic heterocycles. The fourth-order valence-corrected chi connectivity index (χ4v) is 5.49. The SMILES string of the molecule is CCCC1CCC(c2cc(F)c(C3CCc4cc(C#N)ccc4C3)c(F)c2)CC1. The predicted octanol–water partition coefficient (Wildman–Crippen LogP) is 7.18. The van der Waals surface area contributed by atoms with Gasteiger partial charge in [0, 0.05) is 5.56 Å². The highest BCUT2D eigenvalue weighted by molar-refractivity contribution is 5.42. The molecule has 3 heteroatoms. The van der Waals surface area contributed by atoms with Crippen molar-refractivity contribution in [1.82, 2.24) is 0 Å². The first kappa shape index (κ1) is 20.1. The van der Waals surface area contributed by atoms with E-state index in [1.54, 1.807) is 18.2 Å². The van der Waals surface area contributed by atoms with E-state index in [0.717, 1.165) is 48.3 Å². The summed E-state index contributed by atoms with van der Waals surface area (Å²) >= 11 is 0. The fourth-order valence-electron chi connectivity index (χ4n) is 5.49. The number of benzene rings is 2. The van der Waals surface area contributed by atoms with Crippen LogP contribution >= 0.6 is 0 Å². The van der Waals surface area contributed by atoms with Crippen molar-refractivity contribution in [2.24, 2.45) is 5.92 Å². The summed E-state index contributed by atoms with van der Waals surface area (Å²) in [6, 6.07) is 11.0. The Balaban J connectivity index is 1.51. The van der Waals surface area contributed by atoms with Gasteiger partial charge in [-0.05, 0) is 104 Å². The van der Waals surface area contributed by atoms with E-state index in [0.29, 0.717) is 12.0 Å². The lowest BCUT2D eigenvalue weighted by molar-refractivity contribution is 0.307. The summed E-state index contributed by atoms with van der Waals surface area (Å²) in [4.78, 5) is 0. The summed E-state index contributed by atoms with van der Waals surface area (Å²) in [7, 11) is 0. The first-order chi connectivity index (χ1) is 14.1. The summed E-state index contributed by atoms with van der Waals surface area (Å²) in [5, 5.41) is 9.07. The molecule has 0 radical (unpaired) electrons. The molecule has 1 saturated carbocycles. The van der Waals surface area contributed by atoms with Gasteiger partial charge in [-0.2, -0.15) is 5.26 Å². The third kappa shape index (κ3) is 4.22. The van der Waals surface area contributed by atoms with Gasteiger partial charge >= 0.3 is 0 Å². The molecule has 2 aromatic rings. The Hall–Kier alpha value is -2.21. The highest BCUT2D eigenvalue weighted by Crippen LogP contribution is 2.40. The number of fused-ring (bicyclic) bond motifs is 1. The summed E-state index contributed by atoms with van der Waals surface area (Å²) in [6.45, 7) is 2.22. The van der Waals surface area contributed by atoms with Crippen LogP contribution in [0.4, 0.5) is 8.78 Å². The molecule has 1 atom stereocenters. The van der Waals surface area contributed by atoms with Crippen LogP contribution < -0.4 is 0 Å². The summed E-state index contributed by atoms with van der Waals surface area (Å²) in [6.07, 6.45) is 9.04. The minimum absolute atomic E-state index is 0.134. The van der Waals surface area contributed by atoms with Gasteiger partial charge in [-0.15, -0.1) is 0 Å². The summed E-state index contributed by atoms with van der Waals surface area (Å²) in [5.74, 6) is 0.187. The number of nitriles is 1. The molecule has 0 bridgehead atoms. The number of aryl methyl sites for hydroxylation is 1. The topological polar surface area (TPSA) is 23.8 Å². The van der Waals surface area contributed by atoms with Gasteiger partial charge in [0.1, 0.15) is 11.6 Å². The number of rotatable bonds is 4. The first-order valence-electron chi connectivity index (χ1n) is 11.1. The van der Waals surface area contributed by atoms with Gasteiger partial charge in [0.15, 0.2) is 0 Å². The molecule has 2 aliphatic carbocycles. The van der Waals surface area contributed by atoms with Gasteiger partial charge in [-0.25, -0.2) is 8.78 Å². The molecular weight excluding hydrogens is 364 g/mol. The average molecular weight is 394 g/mol. The van der Waals surface area contributed by atoms with Gasteiger partial charge in [-0.1, -0.05) is 25.8 Å². The second-order valence-electron chi connectivity index (χ2n) is 8.94. The third-order valence-corrected chi connectivity index (χ3v) is 7.09. The summed E-state index contributed by atoms with van der Waals surface area (Å²) in [5.41, 5.74) is 3.99. The maximum absolute atomic E-state index is 15.1. The highest BCUT2D eigenvalue weighted by Gasteiger charge is 2.28. The molecule has 1 fully saturated rings. The lowest BCUT2D eigenvalue weighted by Gasteiger charge is -2.30. The molecule has 152 valence electrons. The van der Waals surface area contributed by atoms with Crippen LogP contribution in [0.1, 0.15) is 91.5 Å². The van der Waals surface area contributed by atoms with E-state index in [1.807, 2.05) is 12.1 Å². The highest BCUT2D eigenvalue weighted by atomic mass is 19.1. The Morgan fingerprint density at radius 2 is 1.66 bits per heavy atom. The van der Waals surface area contributed by atoms with E-state index in [1.165, 1.54) is 25.7 Å². The van der Waals surface area contributed by atoms with Crippen molar-refractivity contribution in [3.05, 3.63) is 69.8 Å². The quantitative estimate of drug-likeness (QED) is 0.539. The van der Waals surface area contributed by atoms with Crippen molar-refractivity contribution in [3.63, 3.8) is 0 Å². The van der Waals surface area contributed by atoms with Crippen LogP contribution in [0.5, 0.6) is 0 Å². The zero-order valence-corrected chi connectivity index (χ0v) is 17.2. The van der Waals surface area contributed by atoms with Gasteiger partial charge < -0.3 is 0 Å². The fraction of sp³-hybridized carbons (Fsp3) is 0.500. The van der Waals surface area contributed by atoms with E-state index in [-0.39, 0.29) is 29.0 Å². The van der Waals surface area contributed by atoms with Crippen LogP contribution in [0.3, 0.4) is 0 Å². The third-order valence-electron chi connectivity index (χ3n) is 7.09. The molecule has 0 aliphatic heterocycles. The minimum atomic E-state index is -0.377. The Morgan fingerprint density at radius 1 is 0.931 bits per heavy atom. The molecule has 4 rings (SSSR count). The maximum Gasteiger partial charge on any atom is 0.129 e. The van der Waals surface area contributed by atoms with Gasteiger partial charge in [-0.3, -0.25) is 0 Å². The van der Waals surface area contributed by atoms with Gasteiger partial charge in [0.25, 0.3) is 0 Å². The zero-order valence-electron chi connectivity index (χ0n) is 17.2. The molecule has 1 nitrogen and oxygen atoms in total. The number of halogens is 2. The average Bonchev–Trinajstić information content (AvgIpc) is 2.73. The van der Waals surface area contributed by atoms with E-state index in [9.17, 15) is 0 Å². The molecule has 0 N–H and O–H groups in total. The second-order valence-corrected chi connectivity index (χ2v) is 8.94. The van der Waals surface area contributed by atoms with E-state index in [2.05, 4.69) is 13.0 Å².